The zero-order valence-electron chi connectivity index (χ0n) is 27.0. The van der Waals surface area contributed by atoms with Gasteiger partial charge in [0.1, 0.15) is 5.75 Å². The third-order valence-electron chi connectivity index (χ3n) is 7.88. The monoisotopic (exact) mass is 575 g/mol. The van der Waals surface area contributed by atoms with Gasteiger partial charge in [-0.1, -0.05) is 109 Å². The summed E-state index contributed by atoms with van der Waals surface area (Å²) in [5.41, 5.74) is 1.25. The first-order chi connectivity index (χ1) is 20.2. The fourth-order valence-corrected chi connectivity index (χ4v) is 5.29. The maximum absolute atomic E-state index is 12.2. The number of nitrogens with zero attached hydrogens (tertiary/aromatic N) is 1. The largest absolute Gasteiger partial charge is 0.427 e. The summed E-state index contributed by atoms with van der Waals surface area (Å²) in [6, 6.07) is 8.00. The van der Waals surface area contributed by atoms with E-state index in [1.807, 2.05) is 18.2 Å². The first-order valence-electron chi connectivity index (χ1n) is 17.4. The molecule has 0 amide bonds. The Balaban J connectivity index is 1.98. The number of benzene rings is 1. The van der Waals surface area contributed by atoms with Crippen molar-refractivity contribution in [2.24, 2.45) is 0 Å². The van der Waals surface area contributed by atoms with Crippen molar-refractivity contribution in [2.75, 3.05) is 39.5 Å². The Kier molecular flexibility index (Phi) is 26.3. The maximum atomic E-state index is 12.2. The van der Waals surface area contributed by atoms with Gasteiger partial charge in [0, 0.05) is 26.2 Å². The Morgan fingerprint density at radius 2 is 1.24 bits per heavy atom. The lowest BCUT2D eigenvalue weighted by atomic mass is 10.1. The molecule has 0 aliphatic carbocycles. The molecule has 1 rings (SSSR count). The van der Waals surface area contributed by atoms with Gasteiger partial charge in [-0.05, 0) is 75.7 Å². The van der Waals surface area contributed by atoms with Crippen molar-refractivity contribution < 1.29 is 19.4 Å². The van der Waals surface area contributed by atoms with Gasteiger partial charge in [-0.3, -0.25) is 4.79 Å². The van der Waals surface area contributed by atoms with Gasteiger partial charge in [0.25, 0.3) is 0 Å². The standard InChI is InChI=1S/C36H65NO4/c1-3-5-7-8-14-20-31-40-32-21-15-10-13-19-28-37(29-30-38)27-18-12-9-11-17-26-36(39)41-35-25-22-24-34(33-35)23-16-6-4-2/h22,24-25,33,38H,3-21,23,26-32H2,1-2H3. The van der Waals surface area contributed by atoms with E-state index in [1.165, 1.54) is 102 Å². The fraction of sp³-hybridized carbons (Fsp3) is 0.806. The van der Waals surface area contributed by atoms with E-state index < -0.39 is 0 Å². The highest BCUT2D eigenvalue weighted by molar-refractivity contribution is 5.72. The van der Waals surface area contributed by atoms with E-state index in [1.54, 1.807) is 0 Å². The van der Waals surface area contributed by atoms with Crippen molar-refractivity contribution in [3.05, 3.63) is 29.8 Å². The predicted molar refractivity (Wildman–Crippen MR) is 174 cm³/mol. The molecule has 0 radical (unpaired) electrons. The van der Waals surface area contributed by atoms with Crippen LogP contribution in [0, 0.1) is 0 Å². The summed E-state index contributed by atoms with van der Waals surface area (Å²) in [4.78, 5) is 14.7. The van der Waals surface area contributed by atoms with Crippen molar-refractivity contribution in [2.45, 2.75) is 149 Å². The molecule has 1 aromatic carbocycles. The number of hydrogen-bond donors (Lipinski definition) is 1. The maximum Gasteiger partial charge on any atom is 0.311 e. The predicted octanol–water partition coefficient (Wildman–Crippen LogP) is 9.29. The molecule has 0 fully saturated rings. The Bertz CT molecular complexity index is 711. The number of ether oxygens (including phenoxy) is 2. The average Bonchev–Trinajstić information content (AvgIpc) is 2.97. The molecular formula is C36H65NO4. The van der Waals surface area contributed by atoms with E-state index in [4.69, 9.17) is 9.47 Å². The smallest absolute Gasteiger partial charge is 0.311 e. The van der Waals surface area contributed by atoms with Gasteiger partial charge in [0.15, 0.2) is 0 Å². The fourth-order valence-electron chi connectivity index (χ4n) is 5.29. The SMILES string of the molecule is CCCCCCCCOCCCCCCCN(CCO)CCCCCCCC(=O)Oc1cccc(CCCCC)c1. The van der Waals surface area contributed by atoms with Crippen molar-refractivity contribution in [1.29, 1.82) is 0 Å². The zero-order chi connectivity index (χ0) is 29.6. The van der Waals surface area contributed by atoms with Gasteiger partial charge in [0.05, 0.1) is 6.61 Å². The minimum atomic E-state index is -0.120. The minimum Gasteiger partial charge on any atom is -0.427 e. The Morgan fingerprint density at radius 1 is 0.683 bits per heavy atom. The number of unbranched alkanes of at least 4 members (excludes halogenated alkanes) is 15. The highest BCUT2D eigenvalue weighted by atomic mass is 16.5. The molecule has 0 atom stereocenters. The van der Waals surface area contributed by atoms with Gasteiger partial charge in [0.2, 0.25) is 0 Å². The van der Waals surface area contributed by atoms with E-state index in [0.717, 1.165) is 65.0 Å². The molecule has 0 spiro atoms. The van der Waals surface area contributed by atoms with Crippen LogP contribution in [0.5, 0.6) is 5.75 Å². The molecule has 0 aromatic heterocycles. The van der Waals surface area contributed by atoms with E-state index >= 15 is 0 Å². The summed E-state index contributed by atoms with van der Waals surface area (Å²) in [6.45, 7) is 9.48. The molecule has 0 saturated heterocycles. The molecule has 0 aliphatic rings. The Morgan fingerprint density at radius 3 is 1.88 bits per heavy atom. The number of carbonyl (C=O) groups is 1. The third kappa shape index (κ3) is 23.8. The van der Waals surface area contributed by atoms with Crippen LogP contribution < -0.4 is 4.74 Å². The van der Waals surface area contributed by atoms with E-state index in [0.29, 0.717) is 12.2 Å². The van der Waals surface area contributed by atoms with Crippen molar-refractivity contribution in [1.82, 2.24) is 4.90 Å². The summed E-state index contributed by atoms with van der Waals surface area (Å²) in [6.07, 6.45) is 24.7. The molecule has 0 heterocycles. The van der Waals surface area contributed by atoms with Crippen LogP contribution in [0.3, 0.4) is 0 Å². The molecular weight excluding hydrogens is 510 g/mol. The van der Waals surface area contributed by atoms with Crippen LogP contribution in [0.4, 0.5) is 0 Å². The summed E-state index contributed by atoms with van der Waals surface area (Å²) >= 11 is 0. The van der Waals surface area contributed by atoms with E-state index in [-0.39, 0.29) is 12.6 Å². The topological polar surface area (TPSA) is 59.0 Å². The van der Waals surface area contributed by atoms with Crippen LogP contribution >= 0.6 is 0 Å². The second-order valence-corrected chi connectivity index (χ2v) is 11.8. The molecule has 0 aliphatic heterocycles. The number of aliphatic hydroxyl groups is 1. The van der Waals surface area contributed by atoms with E-state index in [9.17, 15) is 9.90 Å². The van der Waals surface area contributed by atoms with Crippen molar-refractivity contribution in [3.63, 3.8) is 0 Å². The Hall–Kier alpha value is -1.43. The lowest BCUT2D eigenvalue weighted by Crippen LogP contribution is -2.29. The van der Waals surface area contributed by atoms with Gasteiger partial charge < -0.3 is 19.5 Å². The highest BCUT2D eigenvalue weighted by Gasteiger charge is 2.07. The minimum absolute atomic E-state index is 0.120. The molecule has 238 valence electrons. The van der Waals surface area contributed by atoms with Gasteiger partial charge in [-0.25, -0.2) is 0 Å². The van der Waals surface area contributed by atoms with Gasteiger partial charge >= 0.3 is 5.97 Å². The van der Waals surface area contributed by atoms with Crippen LogP contribution in [-0.2, 0) is 16.0 Å². The summed E-state index contributed by atoms with van der Waals surface area (Å²) < 4.78 is 11.4. The van der Waals surface area contributed by atoms with Crippen LogP contribution in [0.25, 0.3) is 0 Å². The molecule has 0 bridgehead atoms. The number of hydrogen-bond acceptors (Lipinski definition) is 5. The number of aryl methyl sites for hydroxylation is 1. The number of carbonyl (C=O) groups excluding carboxylic acids is 1. The molecule has 1 aromatic rings. The van der Waals surface area contributed by atoms with Crippen LogP contribution in [0.2, 0.25) is 0 Å². The molecule has 1 N–H and O–H groups in total. The molecule has 0 saturated carbocycles. The first-order valence-corrected chi connectivity index (χ1v) is 17.4. The van der Waals surface area contributed by atoms with Gasteiger partial charge in [-0.15, -0.1) is 0 Å². The Labute approximate surface area is 253 Å². The van der Waals surface area contributed by atoms with E-state index in [2.05, 4.69) is 24.8 Å². The molecule has 5 heteroatoms. The van der Waals surface area contributed by atoms with Crippen LogP contribution in [0.1, 0.15) is 148 Å². The molecule has 41 heavy (non-hydrogen) atoms. The van der Waals surface area contributed by atoms with Crippen LogP contribution in [0.15, 0.2) is 24.3 Å². The van der Waals surface area contributed by atoms with Crippen LogP contribution in [-0.4, -0.2) is 55.4 Å². The zero-order valence-corrected chi connectivity index (χ0v) is 27.0. The number of esters is 1. The first kappa shape index (κ1) is 37.6. The summed E-state index contributed by atoms with van der Waals surface area (Å²) in [5, 5.41) is 9.45. The average molecular weight is 576 g/mol. The quantitative estimate of drug-likeness (QED) is 0.0563. The second-order valence-electron chi connectivity index (χ2n) is 11.8. The third-order valence-corrected chi connectivity index (χ3v) is 7.88. The number of rotatable bonds is 30. The summed E-state index contributed by atoms with van der Waals surface area (Å²) in [7, 11) is 0. The summed E-state index contributed by atoms with van der Waals surface area (Å²) in [5.74, 6) is 0.561. The van der Waals surface area contributed by atoms with Crippen molar-refractivity contribution in [3.8, 4) is 5.75 Å². The number of aliphatic hydroxyl groups excluding tert-OH is 1. The normalized spacial score (nSPS) is 11.4. The molecule has 0 unspecified atom stereocenters. The van der Waals surface area contributed by atoms with Gasteiger partial charge in [-0.2, -0.15) is 0 Å². The second kappa shape index (κ2) is 28.7. The molecule has 5 nitrogen and oxygen atoms in total. The lowest BCUT2D eigenvalue weighted by molar-refractivity contribution is -0.134. The van der Waals surface area contributed by atoms with Crippen molar-refractivity contribution >= 4 is 5.97 Å². The highest BCUT2D eigenvalue weighted by Crippen LogP contribution is 2.17. The lowest BCUT2D eigenvalue weighted by Gasteiger charge is -2.21.